The molecule has 2 rings (SSSR count). The van der Waals surface area contributed by atoms with Gasteiger partial charge in [0.05, 0.1) is 18.5 Å². The average molecular weight is 392 g/mol. The van der Waals surface area contributed by atoms with Crippen LogP contribution in [0.5, 0.6) is 5.75 Å². The number of fused-ring (bicyclic) bond motifs is 1. The summed E-state index contributed by atoms with van der Waals surface area (Å²) in [5.41, 5.74) is 0. The van der Waals surface area contributed by atoms with Gasteiger partial charge in [-0.15, -0.1) is 0 Å². The predicted octanol–water partition coefficient (Wildman–Crippen LogP) is 2.61. The number of nitrogens with zero attached hydrogens (tertiary/aromatic N) is 2. The summed E-state index contributed by atoms with van der Waals surface area (Å²) >= 11 is 0. The largest absolute Gasteiger partial charge is 0.490 e. The molecule has 0 aliphatic heterocycles. The van der Waals surface area contributed by atoms with Crippen LogP contribution in [0.3, 0.4) is 0 Å². The van der Waals surface area contributed by atoms with Crippen LogP contribution in [-0.4, -0.2) is 63.6 Å². The molecule has 1 unspecified atom stereocenters. The van der Waals surface area contributed by atoms with Crippen molar-refractivity contribution >= 4 is 16.7 Å². The molecule has 8 nitrogen and oxygen atoms in total. The van der Waals surface area contributed by atoms with E-state index in [4.69, 9.17) is 15.2 Å². The average Bonchev–Trinajstić information content (AvgIpc) is 2.67. The third-order valence-electron chi connectivity index (χ3n) is 4.27. The van der Waals surface area contributed by atoms with Gasteiger partial charge in [-0.2, -0.15) is 0 Å². The highest BCUT2D eigenvalue weighted by Gasteiger charge is 2.20. The topological polar surface area (TPSA) is 103 Å². The van der Waals surface area contributed by atoms with Crippen LogP contribution in [0.25, 0.3) is 10.8 Å². The molecule has 0 aromatic heterocycles. The van der Waals surface area contributed by atoms with Gasteiger partial charge in [0.15, 0.2) is 0 Å². The molecular formula is C20H28N2O6. The monoisotopic (exact) mass is 392 g/mol. The van der Waals surface area contributed by atoms with Crippen molar-refractivity contribution in [2.45, 2.75) is 38.8 Å². The van der Waals surface area contributed by atoms with E-state index in [-0.39, 0.29) is 43.5 Å². The summed E-state index contributed by atoms with van der Waals surface area (Å²) in [5, 5.41) is 29.0. The van der Waals surface area contributed by atoms with Gasteiger partial charge in [-0.25, -0.2) is 0 Å². The van der Waals surface area contributed by atoms with Gasteiger partial charge in [-0.1, -0.05) is 36.4 Å². The van der Waals surface area contributed by atoms with Crippen LogP contribution in [0.1, 0.15) is 26.7 Å². The summed E-state index contributed by atoms with van der Waals surface area (Å²) < 4.78 is 5.80. The van der Waals surface area contributed by atoms with E-state index in [1.54, 1.807) is 4.90 Å². The Labute approximate surface area is 164 Å². The van der Waals surface area contributed by atoms with Gasteiger partial charge >= 0.3 is 0 Å². The molecular weight excluding hydrogens is 364 g/mol. The van der Waals surface area contributed by atoms with Crippen LogP contribution in [-0.2, 0) is 9.63 Å². The Kier molecular flexibility index (Phi) is 8.62. The number of aliphatic hydroxyl groups excluding tert-OH is 1. The van der Waals surface area contributed by atoms with E-state index in [1.807, 2.05) is 56.3 Å². The molecule has 1 atom stereocenters. The summed E-state index contributed by atoms with van der Waals surface area (Å²) in [5.74, 6) is 0.541. The van der Waals surface area contributed by atoms with Crippen molar-refractivity contribution < 1.29 is 29.9 Å². The SMILES string of the molecule is CC(C)N(CC(O)COc1cccc2ccccc12)C(=O)CCCON(O)O. The van der Waals surface area contributed by atoms with Gasteiger partial charge < -0.3 is 14.7 Å². The minimum atomic E-state index is -0.841. The van der Waals surface area contributed by atoms with Gasteiger partial charge in [-0.05, 0) is 31.7 Å². The molecule has 0 aliphatic rings. The second-order valence-corrected chi connectivity index (χ2v) is 6.77. The van der Waals surface area contributed by atoms with Crippen molar-refractivity contribution in [1.29, 1.82) is 0 Å². The molecule has 0 saturated heterocycles. The molecule has 0 fully saturated rings. The van der Waals surface area contributed by atoms with Crippen molar-refractivity contribution in [2.75, 3.05) is 19.8 Å². The maximum Gasteiger partial charge on any atom is 0.222 e. The summed E-state index contributed by atoms with van der Waals surface area (Å²) in [4.78, 5) is 18.4. The molecule has 8 heteroatoms. The van der Waals surface area contributed by atoms with E-state index in [9.17, 15) is 9.90 Å². The fourth-order valence-electron chi connectivity index (χ4n) is 2.90. The Hall–Kier alpha value is -2.23. The summed E-state index contributed by atoms with van der Waals surface area (Å²) in [6.45, 7) is 3.95. The van der Waals surface area contributed by atoms with E-state index in [0.29, 0.717) is 12.2 Å². The number of carbonyl (C=O) groups excluding carboxylic acids is 1. The van der Waals surface area contributed by atoms with Crippen molar-refractivity contribution in [1.82, 2.24) is 10.3 Å². The Morgan fingerprint density at radius 3 is 2.54 bits per heavy atom. The van der Waals surface area contributed by atoms with E-state index in [1.165, 1.54) is 0 Å². The number of hydrogen-bond acceptors (Lipinski definition) is 7. The molecule has 0 aliphatic carbocycles. The molecule has 0 spiro atoms. The van der Waals surface area contributed by atoms with Crippen LogP contribution in [0.2, 0.25) is 0 Å². The minimum absolute atomic E-state index is 0.00256. The third-order valence-corrected chi connectivity index (χ3v) is 4.27. The number of hydrogen-bond donors (Lipinski definition) is 3. The van der Waals surface area contributed by atoms with E-state index >= 15 is 0 Å². The fourth-order valence-corrected chi connectivity index (χ4v) is 2.90. The number of amides is 1. The molecule has 2 aromatic carbocycles. The maximum atomic E-state index is 12.4. The van der Waals surface area contributed by atoms with Crippen LogP contribution >= 0.6 is 0 Å². The van der Waals surface area contributed by atoms with Gasteiger partial charge in [0.25, 0.3) is 0 Å². The summed E-state index contributed by atoms with van der Waals surface area (Å²) in [6.07, 6.45) is -0.350. The molecule has 0 bridgehead atoms. The molecule has 1 amide bonds. The zero-order chi connectivity index (χ0) is 20.5. The molecule has 28 heavy (non-hydrogen) atoms. The lowest BCUT2D eigenvalue weighted by atomic mass is 10.1. The first-order chi connectivity index (χ1) is 13.4. The lowest BCUT2D eigenvalue weighted by molar-refractivity contribution is -0.492. The number of benzene rings is 2. The lowest BCUT2D eigenvalue weighted by Gasteiger charge is -2.29. The predicted molar refractivity (Wildman–Crippen MR) is 103 cm³/mol. The van der Waals surface area contributed by atoms with Gasteiger partial charge in [0.1, 0.15) is 18.5 Å². The molecule has 154 valence electrons. The van der Waals surface area contributed by atoms with E-state index in [2.05, 4.69) is 4.84 Å². The lowest BCUT2D eigenvalue weighted by Crippen LogP contribution is -2.43. The molecule has 0 heterocycles. The number of ether oxygens (including phenoxy) is 1. The van der Waals surface area contributed by atoms with Crippen LogP contribution in [0.15, 0.2) is 42.5 Å². The van der Waals surface area contributed by atoms with Gasteiger partial charge in [0.2, 0.25) is 5.91 Å². The zero-order valence-electron chi connectivity index (χ0n) is 16.2. The molecule has 0 radical (unpaired) electrons. The first kappa shape index (κ1) is 22.1. The highest BCUT2D eigenvalue weighted by Crippen LogP contribution is 2.25. The number of rotatable bonds is 11. The summed E-state index contributed by atoms with van der Waals surface area (Å²) in [6, 6.07) is 13.5. The Bertz CT molecular complexity index is 747. The van der Waals surface area contributed by atoms with Gasteiger partial charge in [0, 0.05) is 17.8 Å². The number of aliphatic hydroxyl groups is 1. The molecule has 0 saturated carbocycles. The maximum absolute atomic E-state index is 12.4. The highest BCUT2D eigenvalue weighted by molar-refractivity contribution is 5.88. The highest BCUT2D eigenvalue weighted by atomic mass is 17.1. The number of carbonyl (C=O) groups is 1. The van der Waals surface area contributed by atoms with Crippen molar-refractivity contribution in [3.8, 4) is 5.75 Å². The van der Waals surface area contributed by atoms with E-state index in [0.717, 1.165) is 10.8 Å². The fraction of sp³-hybridized carbons (Fsp3) is 0.450. The first-order valence-electron chi connectivity index (χ1n) is 9.27. The van der Waals surface area contributed by atoms with Gasteiger partial charge in [-0.3, -0.25) is 20.0 Å². The standard InChI is InChI=1S/C20H28N2O6/c1-15(2)21(20(24)11-6-12-28-22(25)26)13-17(23)14-27-19-10-5-8-16-7-3-4-9-18(16)19/h3-5,7-10,15,17,23,25-26H,6,11-14H2,1-2H3. The van der Waals surface area contributed by atoms with Crippen molar-refractivity contribution in [3.05, 3.63) is 42.5 Å². The van der Waals surface area contributed by atoms with Crippen molar-refractivity contribution in [2.24, 2.45) is 0 Å². The normalized spacial score (nSPS) is 12.5. The Morgan fingerprint density at radius 1 is 1.11 bits per heavy atom. The minimum Gasteiger partial charge on any atom is -0.490 e. The Morgan fingerprint density at radius 2 is 1.82 bits per heavy atom. The molecule has 3 N–H and O–H groups in total. The van der Waals surface area contributed by atoms with Crippen molar-refractivity contribution in [3.63, 3.8) is 0 Å². The van der Waals surface area contributed by atoms with Crippen LogP contribution < -0.4 is 4.74 Å². The second-order valence-electron chi connectivity index (χ2n) is 6.77. The third kappa shape index (κ3) is 6.74. The first-order valence-corrected chi connectivity index (χ1v) is 9.27. The quantitative estimate of drug-likeness (QED) is 0.399. The Balaban J connectivity index is 1.87. The summed E-state index contributed by atoms with van der Waals surface area (Å²) in [7, 11) is 0. The smallest absolute Gasteiger partial charge is 0.222 e. The zero-order valence-corrected chi connectivity index (χ0v) is 16.2. The van der Waals surface area contributed by atoms with Crippen LogP contribution in [0.4, 0.5) is 0 Å². The van der Waals surface area contributed by atoms with Crippen LogP contribution in [0, 0.1) is 0 Å². The van der Waals surface area contributed by atoms with E-state index < -0.39 is 6.10 Å². The second kappa shape index (κ2) is 10.9. The molecule has 2 aromatic rings.